The molecule has 0 aromatic heterocycles. The number of carbonyl (C=O) groups excluding carboxylic acids is 1. The smallest absolute Gasteiger partial charge is 0.265 e. The van der Waals surface area contributed by atoms with Gasteiger partial charge in [-0.1, -0.05) is 65.9 Å². The summed E-state index contributed by atoms with van der Waals surface area (Å²) in [7, 11) is 1.67. The van der Waals surface area contributed by atoms with Gasteiger partial charge in [-0.25, -0.2) is 0 Å². The normalized spacial score (nSPS) is 15.6. The van der Waals surface area contributed by atoms with Crippen LogP contribution in [0.25, 0.3) is 6.08 Å². The Labute approximate surface area is 166 Å². The van der Waals surface area contributed by atoms with Gasteiger partial charge in [0, 0.05) is 12.6 Å². The fraction of sp³-hybridized carbons (Fsp3) is 0.158. The Kier molecular flexibility index (Phi) is 6.19. The molecule has 0 atom stereocenters. The van der Waals surface area contributed by atoms with E-state index in [0.717, 1.165) is 5.56 Å². The molecule has 0 aliphatic carbocycles. The lowest BCUT2D eigenvalue weighted by Gasteiger charge is -2.11. The minimum Gasteiger partial charge on any atom is -0.489 e. The number of thiocarbonyl (C=S) groups is 1. The van der Waals surface area contributed by atoms with Crippen molar-refractivity contribution in [3.63, 3.8) is 0 Å². The number of hydrogen-bond donors (Lipinski definition) is 0. The van der Waals surface area contributed by atoms with Crippen LogP contribution in [0, 0.1) is 0 Å². The van der Waals surface area contributed by atoms with Crippen LogP contribution in [0.2, 0.25) is 5.02 Å². The van der Waals surface area contributed by atoms with Gasteiger partial charge in [0.1, 0.15) is 29.0 Å². The summed E-state index contributed by atoms with van der Waals surface area (Å²) < 4.78 is 12.0. The molecule has 4 nitrogen and oxygen atoms in total. The van der Waals surface area contributed by atoms with Crippen LogP contribution in [0.1, 0.15) is 5.56 Å². The number of nitrogens with zero attached hydrogens (tertiary/aromatic N) is 1. The summed E-state index contributed by atoms with van der Waals surface area (Å²) in [5, 5.41) is 0.564. The quantitative estimate of drug-likeness (QED) is 0.398. The first-order valence-electron chi connectivity index (χ1n) is 7.87. The highest BCUT2D eigenvalue weighted by molar-refractivity contribution is 8.26. The van der Waals surface area contributed by atoms with Crippen LogP contribution in [0.15, 0.2) is 53.4 Å². The molecule has 134 valence electrons. The van der Waals surface area contributed by atoms with E-state index in [1.807, 2.05) is 42.5 Å². The van der Waals surface area contributed by atoms with Gasteiger partial charge in [0.15, 0.2) is 0 Å². The molecule has 26 heavy (non-hydrogen) atoms. The summed E-state index contributed by atoms with van der Waals surface area (Å²) in [6.07, 6.45) is 1.80. The molecule has 0 saturated carbocycles. The van der Waals surface area contributed by atoms with Crippen molar-refractivity contribution in [1.29, 1.82) is 0 Å². The van der Waals surface area contributed by atoms with E-state index in [4.69, 9.17) is 33.3 Å². The molecule has 0 spiro atoms. The van der Waals surface area contributed by atoms with Crippen molar-refractivity contribution in [1.82, 2.24) is 4.90 Å². The van der Waals surface area contributed by atoms with Gasteiger partial charge >= 0.3 is 0 Å². The number of benzene rings is 2. The predicted octanol–water partition coefficient (Wildman–Crippen LogP) is 4.63. The monoisotopic (exact) mass is 405 g/mol. The number of halogens is 1. The predicted molar refractivity (Wildman–Crippen MR) is 110 cm³/mol. The van der Waals surface area contributed by atoms with Crippen LogP contribution < -0.4 is 9.47 Å². The average Bonchev–Trinajstić information content (AvgIpc) is 2.88. The lowest BCUT2D eigenvalue weighted by Crippen LogP contribution is -2.22. The maximum atomic E-state index is 12.2. The lowest BCUT2D eigenvalue weighted by atomic mass is 10.2. The van der Waals surface area contributed by atoms with E-state index in [9.17, 15) is 4.79 Å². The maximum absolute atomic E-state index is 12.2. The lowest BCUT2D eigenvalue weighted by molar-refractivity contribution is -0.121. The van der Waals surface area contributed by atoms with Crippen molar-refractivity contribution in [2.45, 2.75) is 0 Å². The fourth-order valence-corrected chi connectivity index (χ4v) is 3.64. The van der Waals surface area contributed by atoms with Gasteiger partial charge in [0.2, 0.25) is 0 Å². The second kappa shape index (κ2) is 8.58. The highest BCUT2D eigenvalue weighted by Gasteiger charge is 2.28. The van der Waals surface area contributed by atoms with Crippen molar-refractivity contribution < 1.29 is 14.3 Å². The van der Waals surface area contributed by atoms with E-state index in [1.54, 1.807) is 19.2 Å². The molecule has 1 saturated heterocycles. The molecule has 0 radical (unpaired) electrons. The second-order valence-corrected chi connectivity index (χ2v) is 7.49. The third-order valence-corrected chi connectivity index (χ3v) is 5.42. The van der Waals surface area contributed by atoms with E-state index in [2.05, 4.69) is 0 Å². The highest BCUT2D eigenvalue weighted by atomic mass is 35.5. The van der Waals surface area contributed by atoms with Gasteiger partial charge in [-0.2, -0.15) is 0 Å². The van der Waals surface area contributed by atoms with Crippen LogP contribution in [0.5, 0.6) is 11.5 Å². The highest BCUT2D eigenvalue weighted by Crippen LogP contribution is 2.33. The Morgan fingerprint density at radius 3 is 2.35 bits per heavy atom. The van der Waals surface area contributed by atoms with E-state index in [1.165, 1.54) is 16.7 Å². The first-order chi connectivity index (χ1) is 12.6. The molecule has 0 bridgehead atoms. The van der Waals surface area contributed by atoms with Crippen LogP contribution >= 0.6 is 35.6 Å². The molecule has 1 heterocycles. The molecule has 3 rings (SSSR count). The second-order valence-electron chi connectivity index (χ2n) is 5.41. The number of ether oxygens (including phenoxy) is 2. The molecule has 2 aromatic rings. The topological polar surface area (TPSA) is 38.8 Å². The Morgan fingerprint density at radius 1 is 1.08 bits per heavy atom. The van der Waals surface area contributed by atoms with Crippen molar-refractivity contribution in [3.8, 4) is 11.5 Å². The average molecular weight is 406 g/mol. The standard InChI is InChI=1S/C19H16ClNO3S2/c1-21-18(22)17(26-19(21)25)12-13-6-2-4-8-15(13)23-10-11-24-16-9-5-3-7-14(16)20/h2-9,12H,10-11H2,1H3/b17-12-. The Hall–Kier alpha value is -2.02. The number of thioether (sulfide) groups is 1. The molecular weight excluding hydrogens is 390 g/mol. The zero-order valence-electron chi connectivity index (χ0n) is 14.0. The Balaban J connectivity index is 1.64. The van der Waals surface area contributed by atoms with E-state index in [0.29, 0.717) is 39.0 Å². The molecule has 1 aliphatic heterocycles. The number of hydrogen-bond acceptors (Lipinski definition) is 5. The summed E-state index contributed by atoms with van der Waals surface area (Å²) in [6, 6.07) is 14.8. The van der Waals surface area contributed by atoms with Gasteiger partial charge in [0.05, 0.1) is 9.93 Å². The number of rotatable bonds is 6. The van der Waals surface area contributed by atoms with Gasteiger partial charge < -0.3 is 9.47 Å². The van der Waals surface area contributed by atoms with Gasteiger partial charge in [-0.3, -0.25) is 9.69 Å². The number of likely N-dealkylation sites (N-methyl/N-ethyl adjacent to an activating group) is 1. The number of amides is 1. The summed E-state index contributed by atoms with van der Waals surface area (Å²) in [5.41, 5.74) is 0.819. The summed E-state index contributed by atoms with van der Waals surface area (Å²) in [5.74, 6) is 1.20. The molecular formula is C19H16ClNO3S2. The fourth-order valence-electron chi connectivity index (χ4n) is 2.28. The van der Waals surface area contributed by atoms with Gasteiger partial charge in [-0.05, 0) is 24.3 Å². The first-order valence-corrected chi connectivity index (χ1v) is 9.47. The first kappa shape index (κ1) is 18.8. The number of carbonyl (C=O) groups is 1. The molecule has 1 fully saturated rings. The minimum atomic E-state index is -0.100. The Bertz CT molecular complexity index is 869. The molecule has 7 heteroatoms. The SMILES string of the molecule is CN1C(=O)/C(=C/c2ccccc2OCCOc2ccccc2Cl)SC1=S. The molecule has 0 N–H and O–H groups in total. The molecule has 2 aromatic carbocycles. The van der Waals surface area contributed by atoms with Crippen LogP contribution in [0.3, 0.4) is 0 Å². The van der Waals surface area contributed by atoms with Crippen LogP contribution in [-0.2, 0) is 4.79 Å². The molecule has 0 unspecified atom stereocenters. The Morgan fingerprint density at radius 2 is 1.69 bits per heavy atom. The largest absolute Gasteiger partial charge is 0.489 e. The van der Waals surface area contributed by atoms with E-state index < -0.39 is 0 Å². The van der Waals surface area contributed by atoms with E-state index in [-0.39, 0.29) is 5.91 Å². The van der Waals surface area contributed by atoms with Crippen molar-refractivity contribution in [2.75, 3.05) is 20.3 Å². The summed E-state index contributed by atoms with van der Waals surface area (Å²) in [6.45, 7) is 0.708. The van der Waals surface area contributed by atoms with Gasteiger partial charge in [0.25, 0.3) is 5.91 Å². The third kappa shape index (κ3) is 4.38. The van der Waals surface area contributed by atoms with E-state index >= 15 is 0 Å². The maximum Gasteiger partial charge on any atom is 0.265 e. The number of para-hydroxylation sites is 2. The summed E-state index contributed by atoms with van der Waals surface area (Å²) in [4.78, 5) is 14.2. The minimum absolute atomic E-state index is 0.100. The van der Waals surface area contributed by atoms with Gasteiger partial charge in [-0.15, -0.1) is 0 Å². The third-order valence-electron chi connectivity index (χ3n) is 3.63. The summed E-state index contributed by atoms with van der Waals surface area (Å²) >= 11 is 12.5. The van der Waals surface area contributed by atoms with Crippen molar-refractivity contribution in [3.05, 3.63) is 64.0 Å². The van der Waals surface area contributed by atoms with Crippen LogP contribution in [-0.4, -0.2) is 35.4 Å². The molecule has 1 amide bonds. The zero-order chi connectivity index (χ0) is 18.5. The van der Waals surface area contributed by atoms with Crippen LogP contribution in [0.4, 0.5) is 0 Å². The zero-order valence-corrected chi connectivity index (χ0v) is 16.4. The van der Waals surface area contributed by atoms with Crippen molar-refractivity contribution in [2.24, 2.45) is 0 Å². The molecule has 1 aliphatic rings. The van der Waals surface area contributed by atoms with Crippen molar-refractivity contribution >= 4 is 51.9 Å².